The van der Waals surface area contributed by atoms with E-state index in [1.807, 2.05) is 12.1 Å². The van der Waals surface area contributed by atoms with E-state index >= 15 is 0 Å². The Balaban J connectivity index is 1.76. The molecular formula is C12H14N2O. The largest absolute Gasteiger partial charge is 0.356 e. The molecule has 1 aliphatic carbocycles. The second-order valence-corrected chi connectivity index (χ2v) is 4.56. The molecule has 0 aromatic carbocycles. The molecule has 2 unspecified atom stereocenters. The third-order valence-corrected chi connectivity index (χ3v) is 3.52. The van der Waals surface area contributed by atoms with Crippen molar-refractivity contribution in [1.82, 2.24) is 4.98 Å². The summed E-state index contributed by atoms with van der Waals surface area (Å²) >= 11 is 0. The average molecular weight is 202 g/mol. The molecule has 0 N–H and O–H groups in total. The smallest absolute Gasteiger partial charge is 0.151 e. The SMILES string of the molecule is O=Cc1ccc(N2CCC3CC3C2)nc1. The number of aromatic nitrogens is 1. The summed E-state index contributed by atoms with van der Waals surface area (Å²) in [7, 11) is 0. The molecule has 1 saturated heterocycles. The summed E-state index contributed by atoms with van der Waals surface area (Å²) in [6.07, 6.45) is 5.20. The molecule has 0 bridgehead atoms. The minimum absolute atomic E-state index is 0.653. The molecule has 1 saturated carbocycles. The van der Waals surface area contributed by atoms with E-state index in [-0.39, 0.29) is 0 Å². The lowest BCUT2D eigenvalue weighted by Gasteiger charge is -2.27. The van der Waals surface area contributed by atoms with Crippen molar-refractivity contribution in [3.63, 3.8) is 0 Å². The van der Waals surface area contributed by atoms with Crippen molar-refractivity contribution in [1.29, 1.82) is 0 Å². The van der Waals surface area contributed by atoms with Crippen LogP contribution in [0.1, 0.15) is 23.2 Å². The van der Waals surface area contributed by atoms with Gasteiger partial charge in [0.1, 0.15) is 5.82 Å². The topological polar surface area (TPSA) is 33.2 Å². The van der Waals surface area contributed by atoms with Crippen LogP contribution in [-0.4, -0.2) is 24.4 Å². The van der Waals surface area contributed by atoms with Crippen molar-refractivity contribution >= 4 is 12.1 Å². The number of carbonyl (C=O) groups excluding carboxylic acids is 1. The van der Waals surface area contributed by atoms with E-state index in [9.17, 15) is 4.79 Å². The molecule has 2 heterocycles. The molecule has 15 heavy (non-hydrogen) atoms. The summed E-state index contributed by atoms with van der Waals surface area (Å²) in [5.74, 6) is 2.92. The Bertz CT molecular complexity index is 374. The van der Waals surface area contributed by atoms with E-state index in [0.717, 1.165) is 37.0 Å². The monoisotopic (exact) mass is 202 g/mol. The van der Waals surface area contributed by atoms with Gasteiger partial charge in [-0.1, -0.05) is 0 Å². The van der Waals surface area contributed by atoms with Crippen molar-refractivity contribution in [3.8, 4) is 0 Å². The fourth-order valence-corrected chi connectivity index (χ4v) is 2.45. The first-order valence-corrected chi connectivity index (χ1v) is 5.53. The van der Waals surface area contributed by atoms with Crippen molar-refractivity contribution in [2.24, 2.45) is 11.8 Å². The number of aldehydes is 1. The van der Waals surface area contributed by atoms with Crippen LogP contribution in [0.3, 0.4) is 0 Å². The third-order valence-electron chi connectivity index (χ3n) is 3.52. The molecule has 2 aliphatic rings. The maximum Gasteiger partial charge on any atom is 0.151 e. The Morgan fingerprint density at radius 2 is 2.33 bits per heavy atom. The molecule has 0 radical (unpaired) electrons. The molecule has 1 aromatic heterocycles. The Labute approximate surface area is 89.1 Å². The lowest BCUT2D eigenvalue weighted by molar-refractivity contribution is 0.112. The molecule has 0 spiro atoms. The number of rotatable bonds is 2. The van der Waals surface area contributed by atoms with Gasteiger partial charge in [-0.2, -0.15) is 0 Å². The highest BCUT2D eigenvalue weighted by atomic mass is 16.1. The molecule has 2 fully saturated rings. The number of piperidine rings is 1. The normalized spacial score (nSPS) is 28.4. The summed E-state index contributed by atoms with van der Waals surface area (Å²) in [6, 6.07) is 3.79. The number of anilines is 1. The van der Waals surface area contributed by atoms with Crippen LogP contribution in [0.2, 0.25) is 0 Å². The summed E-state index contributed by atoms with van der Waals surface area (Å²) in [4.78, 5) is 17.2. The predicted octanol–water partition coefficient (Wildman–Crippen LogP) is 1.74. The van der Waals surface area contributed by atoms with Gasteiger partial charge < -0.3 is 4.90 Å². The number of hydrogen-bond acceptors (Lipinski definition) is 3. The highest BCUT2D eigenvalue weighted by Crippen LogP contribution is 2.45. The number of hydrogen-bond donors (Lipinski definition) is 0. The maximum atomic E-state index is 10.5. The van der Waals surface area contributed by atoms with Crippen molar-refractivity contribution < 1.29 is 4.79 Å². The van der Waals surface area contributed by atoms with Gasteiger partial charge in [0.05, 0.1) is 0 Å². The van der Waals surface area contributed by atoms with Gasteiger partial charge in [-0.15, -0.1) is 0 Å². The fourth-order valence-electron chi connectivity index (χ4n) is 2.45. The van der Waals surface area contributed by atoms with E-state index in [2.05, 4.69) is 9.88 Å². The number of pyridine rings is 1. The van der Waals surface area contributed by atoms with Crippen LogP contribution >= 0.6 is 0 Å². The van der Waals surface area contributed by atoms with E-state index in [0.29, 0.717) is 5.56 Å². The zero-order valence-corrected chi connectivity index (χ0v) is 8.60. The van der Waals surface area contributed by atoms with Crippen LogP contribution < -0.4 is 4.90 Å². The van der Waals surface area contributed by atoms with Crippen LogP contribution in [0.15, 0.2) is 18.3 Å². The highest BCUT2D eigenvalue weighted by molar-refractivity contribution is 5.74. The van der Waals surface area contributed by atoms with Gasteiger partial charge >= 0.3 is 0 Å². The summed E-state index contributed by atoms with van der Waals surface area (Å²) in [5, 5.41) is 0. The van der Waals surface area contributed by atoms with Gasteiger partial charge in [-0.25, -0.2) is 4.98 Å². The zero-order valence-electron chi connectivity index (χ0n) is 8.60. The first-order chi connectivity index (χ1) is 7.36. The van der Waals surface area contributed by atoms with Crippen LogP contribution in [0.5, 0.6) is 0 Å². The molecule has 3 heteroatoms. The van der Waals surface area contributed by atoms with E-state index < -0.39 is 0 Å². The Kier molecular flexibility index (Phi) is 1.97. The quantitative estimate of drug-likeness (QED) is 0.685. The van der Waals surface area contributed by atoms with E-state index in [1.165, 1.54) is 12.8 Å². The van der Waals surface area contributed by atoms with Gasteiger partial charge in [0, 0.05) is 24.8 Å². The molecule has 2 atom stereocenters. The number of nitrogens with zero attached hydrogens (tertiary/aromatic N) is 2. The molecular weight excluding hydrogens is 188 g/mol. The second-order valence-electron chi connectivity index (χ2n) is 4.56. The van der Waals surface area contributed by atoms with Gasteiger partial charge in [-0.05, 0) is 36.8 Å². The minimum atomic E-state index is 0.653. The lowest BCUT2D eigenvalue weighted by Crippen LogP contribution is -2.31. The van der Waals surface area contributed by atoms with Gasteiger partial charge in [0.15, 0.2) is 6.29 Å². The first-order valence-electron chi connectivity index (χ1n) is 5.53. The Morgan fingerprint density at radius 3 is 3.00 bits per heavy atom. The van der Waals surface area contributed by atoms with Crippen LogP contribution in [0.25, 0.3) is 0 Å². The van der Waals surface area contributed by atoms with E-state index in [4.69, 9.17) is 0 Å². The molecule has 1 aliphatic heterocycles. The fraction of sp³-hybridized carbons (Fsp3) is 0.500. The third kappa shape index (κ3) is 1.62. The molecule has 3 rings (SSSR count). The Morgan fingerprint density at radius 1 is 1.40 bits per heavy atom. The zero-order chi connectivity index (χ0) is 10.3. The second kappa shape index (κ2) is 3.33. The van der Waals surface area contributed by atoms with Gasteiger partial charge in [0.2, 0.25) is 0 Å². The number of carbonyl (C=O) groups is 1. The summed E-state index contributed by atoms with van der Waals surface area (Å²) in [5.41, 5.74) is 0.653. The first kappa shape index (κ1) is 8.89. The van der Waals surface area contributed by atoms with Gasteiger partial charge in [0.25, 0.3) is 0 Å². The van der Waals surface area contributed by atoms with Crippen LogP contribution in [0.4, 0.5) is 5.82 Å². The van der Waals surface area contributed by atoms with Crippen molar-refractivity contribution in [2.75, 3.05) is 18.0 Å². The Hall–Kier alpha value is -1.38. The molecule has 78 valence electrons. The van der Waals surface area contributed by atoms with Gasteiger partial charge in [-0.3, -0.25) is 4.79 Å². The van der Waals surface area contributed by atoms with E-state index in [1.54, 1.807) is 6.20 Å². The lowest BCUT2D eigenvalue weighted by atomic mass is 10.1. The summed E-state index contributed by atoms with van der Waals surface area (Å²) < 4.78 is 0. The van der Waals surface area contributed by atoms with Crippen LogP contribution in [0, 0.1) is 11.8 Å². The van der Waals surface area contributed by atoms with Crippen molar-refractivity contribution in [3.05, 3.63) is 23.9 Å². The standard InChI is InChI=1S/C12H14N2O/c15-8-9-1-2-12(13-6-9)14-4-3-10-5-11(10)7-14/h1-2,6,8,10-11H,3-5,7H2. The maximum absolute atomic E-state index is 10.5. The van der Waals surface area contributed by atoms with Crippen LogP contribution in [-0.2, 0) is 0 Å². The minimum Gasteiger partial charge on any atom is -0.356 e. The predicted molar refractivity (Wildman–Crippen MR) is 58.1 cm³/mol. The summed E-state index contributed by atoms with van der Waals surface area (Å²) in [6.45, 7) is 2.27. The molecule has 1 aromatic rings. The van der Waals surface area contributed by atoms with Crippen molar-refractivity contribution in [2.45, 2.75) is 12.8 Å². The average Bonchev–Trinajstić information content (AvgIpc) is 3.07. The molecule has 0 amide bonds. The molecule has 3 nitrogen and oxygen atoms in total. The number of fused-ring (bicyclic) bond motifs is 1. The highest BCUT2D eigenvalue weighted by Gasteiger charge is 2.41.